The first-order chi connectivity index (χ1) is 14.0. The van der Waals surface area contributed by atoms with Gasteiger partial charge < -0.3 is 4.90 Å². The van der Waals surface area contributed by atoms with E-state index in [-0.39, 0.29) is 34.8 Å². The number of nitrogens with zero attached hydrogens (tertiary/aromatic N) is 2. The molecule has 1 N–H and O–H groups in total. The number of hydrogen-bond donors (Lipinski definition) is 1. The van der Waals surface area contributed by atoms with E-state index in [9.17, 15) is 13.2 Å². The molecular formula is C20H20ClN3O3S2. The Balaban J connectivity index is 1.41. The Morgan fingerprint density at radius 3 is 2.76 bits per heavy atom. The largest absolute Gasteiger partial charge is 0.333 e. The summed E-state index contributed by atoms with van der Waals surface area (Å²) in [4.78, 5) is 19.3. The van der Waals surface area contributed by atoms with Crippen LogP contribution in [0.25, 0.3) is 10.2 Å². The summed E-state index contributed by atoms with van der Waals surface area (Å²) in [6, 6.07) is 14.1. The molecule has 1 aliphatic rings. The van der Waals surface area contributed by atoms with Crippen molar-refractivity contribution in [3.8, 4) is 0 Å². The van der Waals surface area contributed by atoms with Crippen molar-refractivity contribution < 1.29 is 13.2 Å². The zero-order valence-corrected chi connectivity index (χ0v) is 17.9. The van der Waals surface area contributed by atoms with Crippen molar-refractivity contribution in [3.63, 3.8) is 0 Å². The number of benzene rings is 2. The third-order valence-corrected chi connectivity index (χ3v) is 8.02. The molecule has 0 radical (unpaired) electrons. The molecule has 0 aliphatic carbocycles. The SMILES string of the molecule is O=C(CCNS(=O)(=O)c1ccccc1Cl)N1CCCC1c1nc2ccccc2s1. The number of carbonyl (C=O) groups is 1. The lowest BCUT2D eigenvalue weighted by molar-refractivity contribution is -0.131. The van der Waals surface area contributed by atoms with Gasteiger partial charge in [0, 0.05) is 19.5 Å². The average molecular weight is 450 g/mol. The minimum absolute atomic E-state index is 0.0163. The summed E-state index contributed by atoms with van der Waals surface area (Å²) in [5.74, 6) is -0.0754. The molecule has 1 aliphatic heterocycles. The molecule has 152 valence electrons. The van der Waals surface area contributed by atoms with Gasteiger partial charge in [-0.25, -0.2) is 18.1 Å². The van der Waals surface area contributed by atoms with Crippen LogP contribution in [0.3, 0.4) is 0 Å². The number of rotatable bonds is 6. The normalized spacial score (nSPS) is 17.1. The lowest BCUT2D eigenvalue weighted by Crippen LogP contribution is -2.34. The highest BCUT2D eigenvalue weighted by molar-refractivity contribution is 7.89. The number of halogens is 1. The van der Waals surface area contributed by atoms with Gasteiger partial charge in [0.25, 0.3) is 0 Å². The van der Waals surface area contributed by atoms with Gasteiger partial charge in [-0.1, -0.05) is 35.9 Å². The van der Waals surface area contributed by atoms with E-state index in [2.05, 4.69) is 4.72 Å². The number of hydrogen-bond acceptors (Lipinski definition) is 5. The third kappa shape index (κ3) is 4.30. The number of sulfonamides is 1. The lowest BCUT2D eigenvalue weighted by atomic mass is 10.2. The number of amides is 1. The van der Waals surface area contributed by atoms with Gasteiger partial charge in [-0.15, -0.1) is 11.3 Å². The summed E-state index contributed by atoms with van der Waals surface area (Å²) in [6.45, 7) is 0.687. The number of fused-ring (bicyclic) bond motifs is 1. The van der Waals surface area contributed by atoms with Crippen molar-refractivity contribution in [3.05, 3.63) is 58.6 Å². The van der Waals surface area contributed by atoms with Gasteiger partial charge in [-0.2, -0.15) is 0 Å². The molecule has 4 rings (SSSR count). The van der Waals surface area contributed by atoms with Crippen molar-refractivity contribution in [2.75, 3.05) is 13.1 Å². The molecule has 2 heterocycles. The summed E-state index contributed by atoms with van der Waals surface area (Å²) < 4.78 is 28.4. The molecule has 0 bridgehead atoms. The van der Waals surface area contributed by atoms with Crippen LogP contribution < -0.4 is 4.72 Å². The molecule has 3 aromatic rings. The van der Waals surface area contributed by atoms with Crippen molar-refractivity contribution in [2.24, 2.45) is 0 Å². The molecule has 0 saturated carbocycles. The van der Waals surface area contributed by atoms with Gasteiger partial charge in [-0.3, -0.25) is 4.79 Å². The summed E-state index contributed by atoms with van der Waals surface area (Å²) >= 11 is 7.59. The number of thiazole rings is 1. The minimum atomic E-state index is -3.76. The second kappa shape index (κ2) is 8.39. The number of nitrogens with one attached hydrogen (secondary N) is 1. The van der Waals surface area contributed by atoms with E-state index in [4.69, 9.17) is 16.6 Å². The van der Waals surface area contributed by atoms with E-state index >= 15 is 0 Å². The summed E-state index contributed by atoms with van der Waals surface area (Å²) in [6.07, 6.45) is 1.87. The highest BCUT2D eigenvalue weighted by Gasteiger charge is 2.32. The van der Waals surface area contributed by atoms with Gasteiger partial charge in [0.15, 0.2) is 0 Å². The van der Waals surface area contributed by atoms with Crippen molar-refractivity contribution in [1.82, 2.24) is 14.6 Å². The predicted molar refractivity (Wildman–Crippen MR) is 115 cm³/mol. The quantitative estimate of drug-likeness (QED) is 0.617. The Morgan fingerprint density at radius 2 is 1.97 bits per heavy atom. The molecule has 1 fully saturated rings. The van der Waals surface area contributed by atoms with Crippen LogP contribution in [0.2, 0.25) is 5.02 Å². The van der Waals surface area contributed by atoms with Crippen LogP contribution in [0.1, 0.15) is 30.3 Å². The van der Waals surface area contributed by atoms with Gasteiger partial charge >= 0.3 is 0 Å². The van der Waals surface area contributed by atoms with Crippen LogP contribution in [-0.2, 0) is 14.8 Å². The number of para-hydroxylation sites is 1. The Labute approximate surface area is 178 Å². The van der Waals surface area contributed by atoms with E-state index in [1.54, 1.807) is 23.5 Å². The molecular weight excluding hydrogens is 430 g/mol. The molecule has 2 aromatic carbocycles. The smallest absolute Gasteiger partial charge is 0.242 e. The zero-order valence-electron chi connectivity index (χ0n) is 15.5. The monoisotopic (exact) mass is 449 g/mol. The van der Waals surface area contributed by atoms with E-state index < -0.39 is 10.0 Å². The van der Waals surface area contributed by atoms with Crippen LogP contribution in [-0.4, -0.2) is 37.3 Å². The highest BCUT2D eigenvalue weighted by Crippen LogP contribution is 2.36. The van der Waals surface area contributed by atoms with Gasteiger partial charge in [-0.05, 0) is 37.1 Å². The maximum absolute atomic E-state index is 12.8. The van der Waals surface area contributed by atoms with E-state index in [1.807, 2.05) is 29.2 Å². The van der Waals surface area contributed by atoms with Gasteiger partial charge in [0.2, 0.25) is 15.9 Å². The molecule has 1 atom stereocenters. The molecule has 1 amide bonds. The minimum Gasteiger partial charge on any atom is -0.333 e. The number of likely N-dealkylation sites (tertiary alicyclic amines) is 1. The van der Waals surface area contributed by atoms with Crippen molar-refractivity contribution in [1.29, 1.82) is 0 Å². The predicted octanol–water partition coefficient (Wildman–Crippen LogP) is 3.98. The van der Waals surface area contributed by atoms with Crippen LogP contribution in [0.15, 0.2) is 53.4 Å². The zero-order chi connectivity index (χ0) is 20.4. The maximum Gasteiger partial charge on any atom is 0.242 e. The van der Waals surface area contributed by atoms with Crippen molar-refractivity contribution >= 4 is 49.1 Å². The molecule has 9 heteroatoms. The molecule has 1 aromatic heterocycles. The fourth-order valence-electron chi connectivity index (χ4n) is 3.53. The number of aromatic nitrogens is 1. The average Bonchev–Trinajstić information content (AvgIpc) is 3.34. The Kier molecular flexibility index (Phi) is 5.87. The molecule has 1 unspecified atom stereocenters. The van der Waals surface area contributed by atoms with Crippen LogP contribution in [0.5, 0.6) is 0 Å². The van der Waals surface area contributed by atoms with Crippen LogP contribution >= 0.6 is 22.9 Å². The van der Waals surface area contributed by atoms with Crippen LogP contribution in [0, 0.1) is 0 Å². The summed E-state index contributed by atoms with van der Waals surface area (Å²) in [5.41, 5.74) is 0.944. The summed E-state index contributed by atoms with van der Waals surface area (Å²) in [7, 11) is -3.76. The first kappa shape index (κ1) is 20.3. The first-order valence-electron chi connectivity index (χ1n) is 9.35. The fraction of sp³-hybridized carbons (Fsp3) is 0.300. The highest BCUT2D eigenvalue weighted by atomic mass is 35.5. The van der Waals surface area contributed by atoms with E-state index in [0.717, 1.165) is 28.1 Å². The Morgan fingerprint density at radius 1 is 1.21 bits per heavy atom. The maximum atomic E-state index is 12.8. The van der Waals surface area contributed by atoms with E-state index in [1.165, 1.54) is 12.1 Å². The van der Waals surface area contributed by atoms with Gasteiger partial charge in [0.1, 0.15) is 9.90 Å². The molecule has 1 saturated heterocycles. The molecule has 29 heavy (non-hydrogen) atoms. The first-order valence-corrected chi connectivity index (χ1v) is 12.0. The third-order valence-electron chi connectivity index (χ3n) is 4.93. The standard InChI is InChI=1S/C20H20ClN3O3S2/c21-14-6-1-4-10-18(14)29(26,27)22-12-11-19(25)24-13-5-8-16(24)20-23-15-7-2-3-9-17(15)28-20/h1-4,6-7,9-10,16,22H,5,8,11-13H2. The van der Waals surface area contributed by atoms with E-state index in [0.29, 0.717) is 6.54 Å². The second-order valence-corrected chi connectivity index (χ2v) is 10.0. The lowest BCUT2D eigenvalue weighted by Gasteiger charge is -2.23. The van der Waals surface area contributed by atoms with Gasteiger partial charge in [0.05, 0.1) is 21.3 Å². The Hall–Kier alpha value is -2.00. The fourth-order valence-corrected chi connectivity index (χ4v) is 6.20. The Bertz CT molecular complexity index is 1110. The number of carbonyl (C=O) groups excluding carboxylic acids is 1. The molecule has 0 spiro atoms. The molecule has 6 nitrogen and oxygen atoms in total. The topological polar surface area (TPSA) is 79.4 Å². The second-order valence-electron chi connectivity index (χ2n) is 6.84. The summed E-state index contributed by atoms with van der Waals surface area (Å²) in [5, 5.41) is 1.09. The van der Waals surface area contributed by atoms with Crippen molar-refractivity contribution in [2.45, 2.75) is 30.2 Å². The van der Waals surface area contributed by atoms with Crippen LogP contribution in [0.4, 0.5) is 0 Å².